The van der Waals surface area contributed by atoms with Gasteiger partial charge in [0, 0.05) is 0 Å². The van der Waals surface area contributed by atoms with Gasteiger partial charge in [-0.1, -0.05) is 20.8 Å². The lowest BCUT2D eigenvalue weighted by Crippen LogP contribution is -2.13. The molecule has 1 fully saturated rings. The second-order valence-electron chi connectivity index (χ2n) is 5.10. The summed E-state index contributed by atoms with van der Waals surface area (Å²) in [4.78, 5) is 16.5. The number of hydrogen-bond donors (Lipinski definition) is 1. The third-order valence-electron chi connectivity index (χ3n) is 3.33. The molecular weight excluding hydrogens is 250 g/mol. The molecule has 4 nitrogen and oxygen atoms in total. The number of carbonyl (C=O) groups is 1. The molecule has 1 aliphatic rings. The van der Waals surface area contributed by atoms with Gasteiger partial charge < -0.3 is 9.84 Å². The summed E-state index contributed by atoms with van der Waals surface area (Å²) in [5, 5.41) is 10.0. The molecular formula is C13H19NO3S. The van der Waals surface area contributed by atoms with Crippen molar-refractivity contribution in [3.8, 4) is 0 Å². The van der Waals surface area contributed by atoms with E-state index in [1.165, 1.54) is 11.3 Å². The Balaban J connectivity index is 2.04. The Bertz CT molecular complexity index is 430. The molecule has 0 aliphatic heterocycles. The van der Waals surface area contributed by atoms with E-state index >= 15 is 0 Å². The number of esters is 1. The summed E-state index contributed by atoms with van der Waals surface area (Å²) in [7, 11) is 0. The van der Waals surface area contributed by atoms with Gasteiger partial charge in [0.15, 0.2) is 0 Å². The van der Waals surface area contributed by atoms with Crippen LogP contribution in [0.25, 0.3) is 0 Å². The van der Waals surface area contributed by atoms with Crippen LogP contribution in [-0.2, 0) is 4.74 Å². The smallest absolute Gasteiger partial charge is 0.350 e. The van der Waals surface area contributed by atoms with Crippen LogP contribution < -0.4 is 0 Å². The first-order chi connectivity index (χ1) is 8.54. The van der Waals surface area contributed by atoms with E-state index in [2.05, 4.69) is 11.9 Å². The third-order valence-corrected chi connectivity index (χ3v) is 4.15. The van der Waals surface area contributed by atoms with Crippen LogP contribution in [0.3, 0.4) is 0 Å². The van der Waals surface area contributed by atoms with Crippen molar-refractivity contribution in [2.24, 2.45) is 11.8 Å². The number of aliphatic hydroxyl groups excluding tert-OH is 1. The largest absolute Gasteiger partial charge is 0.458 e. The molecule has 1 N–H and O–H groups in total. The van der Waals surface area contributed by atoms with Crippen molar-refractivity contribution in [3.05, 3.63) is 16.1 Å². The van der Waals surface area contributed by atoms with Crippen molar-refractivity contribution in [1.82, 2.24) is 4.98 Å². The lowest BCUT2D eigenvalue weighted by molar-refractivity contribution is 0.0444. The van der Waals surface area contributed by atoms with Crippen LogP contribution in [0.15, 0.2) is 5.51 Å². The summed E-state index contributed by atoms with van der Waals surface area (Å²) in [6.07, 6.45) is 1.36. The van der Waals surface area contributed by atoms with Crippen molar-refractivity contribution in [1.29, 1.82) is 0 Å². The maximum Gasteiger partial charge on any atom is 0.350 e. The van der Waals surface area contributed by atoms with Gasteiger partial charge in [-0.2, -0.15) is 0 Å². The van der Waals surface area contributed by atoms with Crippen LogP contribution in [0.4, 0.5) is 0 Å². The van der Waals surface area contributed by atoms with Gasteiger partial charge in [-0.05, 0) is 24.7 Å². The Labute approximate surface area is 111 Å². The molecule has 0 radical (unpaired) electrons. The van der Waals surface area contributed by atoms with Crippen molar-refractivity contribution >= 4 is 17.3 Å². The number of aliphatic hydroxyl groups is 1. The first kappa shape index (κ1) is 13.5. The molecule has 1 aromatic rings. The quantitative estimate of drug-likeness (QED) is 0.835. The van der Waals surface area contributed by atoms with E-state index in [9.17, 15) is 9.90 Å². The molecule has 100 valence electrons. The summed E-state index contributed by atoms with van der Waals surface area (Å²) >= 11 is 1.24. The number of carbonyl (C=O) groups excluding carboxylic acids is 1. The van der Waals surface area contributed by atoms with Crippen LogP contribution in [0.5, 0.6) is 0 Å². The number of thiazole rings is 1. The zero-order valence-electron chi connectivity index (χ0n) is 10.9. The molecule has 2 rings (SSSR count). The van der Waals surface area contributed by atoms with Crippen LogP contribution in [0.1, 0.15) is 55.1 Å². The minimum absolute atomic E-state index is 0.0305. The second-order valence-corrected chi connectivity index (χ2v) is 5.96. The number of ether oxygens (including phenoxy) is 1. The van der Waals surface area contributed by atoms with Crippen molar-refractivity contribution < 1.29 is 14.6 Å². The van der Waals surface area contributed by atoms with Gasteiger partial charge in [0.2, 0.25) is 0 Å². The van der Waals surface area contributed by atoms with E-state index in [-0.39, 0.29) is 18.0 Å². The molecule has 18 heavy (non-hydrogen) atoms. The third kappa shape index (κ3) is 2.72. The fraction of sp³-hybridized carbons (Fsp3) is 0.692. The molecule has 0 aromatic carbocycles. The Kier molecular flexibility index (Phi) is 4.02. The molecule has 1 aromatic heterocycles. The Morgan fingerprint density at radius 3 is 2.94 bits per heavy atom. The van der Waals surface area contributed by atoms with Gasteiger partial charge in [-0.25, -0.2) is 9.78 Å². The zero-order chi connectivity index (χ0) is 13.3. The highest BCUT2D eigenvalue weighted by molar-refractivity contribution is 7.11. The highest BCUT2D eigenvalue weighted by atomic mass is 32.1. The predicted molar refractivity (Wildman–Crippen MR) is 69.5 cm³/mol. The van der Waals surface area contributed by atoms with E-state index < -0.39 is 6.10 Å². The lowest BCUT2D eigenvalue weighted by atomic mass is 10.0. The topological polar surface area (TPSA) is 59.4 Å². The molecule has 3 unspecified atom stereocenters. The summed E-state index contributed by atoms with van der Waals surface area (Å²) in [5.74, 6) is 0.205. The highest BCUT2D eigenvalue weighted by Crippen LogP contribution is 2.37. The predicted octanol–water partition coefficient (Wildman–Crippen LogP) is 2.79. The van der Waals surface area contributed by atoms with Crippen LogP contribution in [0, 0.1) is 11.8 Å². The minimum atomic E-state index is -0.708. The Morgan fingerprint density at radius 1 is 1.67 bits per heavy atom. The molecule has 1 heterocycles. The first-order valence-corrected chi connectivity index (χ1v) is 7.25. The van der Waals surface area contributed by atoms with Crippen molar-refractivity contribution in [2.75, 3.05) is 0 Å². The fourth-order valence-corrected chi connectivity index (χ4v) is 2.63. The Morgan fingerprint density at radius 2 is 2.39 bits per heavy atom. The van der Waals surface area contributed by atoms with E-state index in [4.69, 9.17) is 4.74 Å². The number of rotatable bonds is 5. The first-order valence-electron chi connectivity index (χ1n) is 6.37. The zero-order valence-corrected chi connectivity index (χ0v) is 11.7. The molecule has 0 bridgehead atoms. The summed E-state index contributed by atoms with van der Waals surface area (Å²) < 4.78 is 5.40. The van der Waals surface area contributed by atoms with E-state index in [1.54, 1.807) is 5.51 Å². The minimum Gasteiger partial charge on any atom is -0.458 e. The molecule has 5 heteroatoms. The van der Waals surface area contributed by atoms with Crippen LogP contribution >= 0.6 is 11.3 Å². The fourth-order valence-electron chi connectivity index (χ4n) is 1.92. The Hall–Kier alpha value is -0.940. The summed E-state index contributed by atoms with van der Waals surface area (Å²) in [6.45, 7) is 5.89. The number of hydrogen-bond acceptors (Lipinski definition) is 5. The van der Waals surface area contributed by atoms with E-state index in [0.717, 1.165) is 12.8 Å². The standard InChI is InChI=1S/C13H19NO3S/c1-4-8-5-9(8)17-13(16)12-10(14-6-18-12)11(15)7(2)3/h6-9,11,15H,4-5H2,1-3H3. The van der Waals surface area contributed by atoms with Gasteiger partial charge in [0.25, 0.3) is 0 Å². The van der Waals surface area contributed by atoms with Crippen LogP contribution in [-0.4, -0.2) is 22.2 Å². The van der Waals surface area contributed by atoms with Gasteiger partial charge in [-0.3, -0.25) is 0 Å². The van der Waals surface area contributed by atoms with Crippen LogP contribution in [0.2, 0.25) is 0 Å². The lowest BCUT2D eigenvalue weighted by Gasteiger charge is -2.13. The summed E-state index contributed by atoms with van der Waals surface area (Å²) in [6, 6.07) is 0. The molecule has 0 amide bonds. The number of nitrogens with zero attached hydrogens (tertiary/aromatic N) is 1. The van der Waals surface area contributed by atoms with Gasteiger partial charge >= 0.3 is 5.97 Å². The van der Waals surface area contributed by atoms with E-state index in [0.29, 0.717) is 16.5 Å². The normalized spacial score (nSPS) is 24.1. The summed E-state index contributed by atoms with van der Waals surface area (Å²) in [5.41, 5.74) is 2.04. The number of aromatic nitrogens is 1. The molecule has 0 saturated heterocycles. The molecule has 1 saturated carbocycles. The second kappa shape index (κ2) is 5.36. The van der Waals surface area contributed by atoms with E-state index in [1.807, 2.05) is 13.8 Å². The highest BCUT2D eigenvalue weighted by Gasteiger charge is 2.40. The maximum absolute atomic E-state index is 12.0. The molecule has 0 spiro atoms. The van der Waals surface area contributed by atoms with Crippen molar-refractivity contribution in [3.63, 3.8) is 0 Å². The monoisotopic (exact) mass is 269 g/mol. The SMILES string of the molecule is CCC1CC1OC(=O)c1scnc1C(O)C(C)C. The average molecular weight is 269 g/mol. The van der Waals surface area contributed by atoms with Gasteiger partial charge in [-0.15, -0.1) is 11.3 Å². The van der Waals surface area contributed by atoms with Crippen molar-refractivity contribution in [2.45, 2.75) is 45.8 Å². The average Bonchev–Trinajstić information content (AvgIpc) is 2.90. The van der Waals surface area contributed by atoms with Gasteiger partial charge in [0.05, 0.1) is 17.3 Å². The molecule has 3 atom stereocenters. The van der Waals surface area contributed by atoms with Gasteiger partial charge in [0.1, 0.15) is 11.0 Å². The molecule has 1 aliphatic carbocycles. The maximum atomic E-state index is 12.0.